The lowest BCUT2D eigenvalue weighted by molar-refractivity contribution is -0.164. The first-order valence-corrected chi connectivity index (χ1v) is 8.81. The molecule has 1 amide bonds. The molecule has 160 valence electrons. The van der Waals surface area contributed by atoms with Crippen molar-refractivity contribution in [3.05, 3.63) is 59.7 Å². The fourth-order valence-corrected chi connectivity index (χ4v) is 2.88. The highest BCUT2D eigenvalue weighted by Gasteiger charge is 2.53. The van der Waals surface area contributed by atoms with Gasteiger partial charge in [-0.05, 0) is 29.8 Å². The number of carbonyl (C=O) groups excluding carboxylic acids is 1. The summed E-state index contributed by atoms with van der Waals surface area (Å²) in [6.07, 6.45) is -7.79. The van der Waals surface area contributed by atoms with Crippen LogP contribution in [-0.2, 0) is 6.61 Å². The zero-order chi connectivity index (χ0) is 21.9. The maximum Gasteiger partial charge on any atom is 0.287 e. The second kappa shape index (κ2) is 8.70. The third-order valence-corrected chi connectivity index (χ3v) is 4.45. The molecule has 3 rings (SSSR count). The van der Waals surface area contributed by atoms with Crippen molar-refractivity contribution in [1.82, 2.24) is 5.01 Å². The molecule has 0 bridgehead atoms. The number of methoxy groups -OCH3 is 1. The van der Waals surface area contributed by atoms with Crippen LogP contribution in [0.1, 0.15) is 22.3 Å². The molecule has 2 aromatic rings. The van der Waals surface area contributed by atoms with Crippen molar-refractivity contribution in [2.45, 2.75) is 31.6 Å². The lowest BCUT2D eigenvalue weighted by atomic mass is 10.1. The van der Waals surface area contributed by atoms with Gasteiger partial charge in [0, 0.05) is 18.1 Å². The van der Waals surface area contributed by atoms with Crippen LogP contribution in [0, 0.1) is 0 Å². The molecule has 0 aromatic heterocycles. The third kappa shape index (κ3) is 4.38. The SMILES string of the molecule is COc1cccc(OCc2cccc(C(=O)N3N=C(C(F)F)C[C@@]3(O)C(F)F)c2)c1. The molecular formula is C20H18F4N2O4. The lowest BCUT2D eigenvalue weighted by Gasteiger charge is -2.30. The van der Waals surface area contributed by atoms with E-state index in [0.29, 0.717) is 17.1 Å². The lowest BCUT2D eigenvalue weighted by Crippen LogP contribution is -2.51. The van der Waals surface area contributed by atoms with Gasteiger partial charge in [-0.25, -0.2) is 17.6 Å². The van der Waals surface area contributed by atoms with Crippen molar-refractivity contribution in [3.63, 3.8) is 0 Å². The van der Waals surface area contributed by atoms with Gasteiger partial charge >= 0.3 is 0 Å². The predicted octanol–water partition coefficient (Wildman–Crippen LogP) is 3.69. The van der Waals surface area contributed by atoms with Crippen LogP contribution >= 0.6 is 0 Å². The smallest absolute Gasteiger partial charge is 0.287 e. The number of hydrazone groups is 1. The Balaban J connectivity index is 1.79. The molecule has 1 N–H and O–H groups in total. The molecule has 1 aliphatic heterocycles. The number of carbonyl (C=O) groups is 1. The van der Waals surface area contributed by atoms with Gasteiger partial charge in [0.05, 0.1) is 7.11 Å². The molecular weight excluding hydrogens is 408 g/mol. The fourth-order valence-electron chi connectivity index (χ4n) is 2.88. The molecule has 0 aliphatic carbocycles. The quantitative estimate of drug-likeness (QED) is 0.686. The second-order valence-corrected chi connectivity index (χ2v) is 6.53. The Morgan fingerprint density at radius 1 is 1.17 bits per heavy atom. The maximum atomic E-state index is 13.3. The van der Waals surface area contributed by atoms with Gasteiger partial charge in [-0.3, -0.25) is 4.79 Å². The summed E-state index contributed by atoms with van der Waals surface area (Å²) in [6, 6.07) is 12.6. The third-order valence-electron chi connectivity index (χ3n) is 4.45. The van der Waals surface area contributed by atoms with E-state index in [1.807, 2.05) is 0 Å². The maximum absolute atomic E-state index is 13.3. The average Bonchev–Trinajstić information content (AvgIpc) is 3.11. The average molecular weight is 426 g/mol. The van der Waals surface area contributed by atoms with E-state index in [-0.39, 0.29) is 17.2 Å². The minimum atomic E-state index is -3.49. The van der Waals surface area contributed by atoms with Crippen molar-refractivity contribution in [2.24, 2.45) is 5.10 Å². The summed E-state index contributed by atoms with van der Waals surface area (Å²) in [4.78, 5) is 12.7. The van der Waals surface area contributed by atoms with Crippen molar-refractivity contribution < 1.29 is 36.9 Å². The topological polar surface area (TPSA) is 71.4 Å². The molecule has 0 fully saturated rings. The highest BCUT2D eigenvalue weighted by atomic mass is 19.3. The van der Waals surface area contributed by atoms with E-state index in [9.17, 15) is 27.5 Å². The number of ether oxygens (including phenoxy) is 2. The van der Waals surface area contributed by atoms with Gasteiger partial charge in [-0.2, -0.15) is 10.1 Å². The van der Waals surface area contributed by atoms with Crippen molar-refractivity contribution >= 4 is 11.6 Å². The zero-order valence-corrected chi connectivity index (χ0v) is 15.8. The van der Waals surface area contributed by atoms with E-state index in [1.54, 1.807) is 30.3 Å². The van der Waals surface area contributed by atoms with Gasteiger partial charge in [0.15, 0.2) is 0 Å². The van der Waals surface area contributed by atoms with Gasteiger partial charge in [0.2, 0.25) is 5.72 Å². The van der Waals surface area contributed by atoms with E-state index in [0.717, 1.165) is 0 Å². The Morgan fingerprint density at radius 3 is 2.53 bits per heavy atom. The number of rotatable bonds is 7. The molecule has 0 radical (unpaired) electrons. The summed E-state index contributed by atoms with van der Waals surface area (Å²) < 4.78 is 63.2. The molecule has 2 aromatic carbocycles. The minimum Gasteiger partial charge on any atom is -0.497 e. The van der Waals surface area contributed by atoms with Crippen LogP contribution in [0.3, 0.4) is 0 Å². The standard InChI is InChI=1S/C20H18F4N2O4/c1-29-14-6-3-7-15(9-14)30-11-12-4-2-5-13(8-12)18(27)26-20(28,19(23)24)10-16(25-26)17(21)22/h2-9,17,19,28H,10-11H2,1H3/t20-/m1/s1. The minimum absolute atomic E-state index is 0.0290. The number of hydrogen-bond donors (Lipinski definition) is 1. The Morgan fingerprint density at radius 2 is 1.87 bits per heavy atom. The number of alkyl halides is 4. The number of halogens is 4. The van der Waals surface area contributed by atoms with E-state index in [2.05, 4.69) is 5.10 Å². The van der Waals surface area contributed by atoms with Crippen LogP contribution < -0.4 is 9.47 Å². The first kappa shape index (κ1) is 21.6. The van der Waals surface area contributed by atoms with E-state index >= 15 is 0 Å². The normalized spacial score (nSPS) is 18.7. The molecule has 0 spiro atoms. The molecule has 1 aliphatic rings. The van der Waals surface area contributed by atoms with Crippen LogP contribution in [0.2, 0.25) is 0 Å². The van der Waals surface area contributed by atoms with Crippen LogP contribution in [0.15, 0.2) is 53.6 Å². The molecule has 6 nitrogen and oxygen atoms in total. The number of amides is 1. The van der Waals surface area contributed by atoms with E-state index in [4.69, 9.17) is 9.47 Å². The van der Waals surface area contributed by atoms with Crippen LogP contribution in [0.4, 0.5) is 17.6 Å². The first-order valence-electron chi connectivity index (χ1n) is 8.81. The van der Waals surface area contributed by atoms with E-state index in [1.165, 1.54) is 25.3 Å². The number of benzene rings is 2. The molecule has 0 saturated heterocycles. The van der Waals surface area contributed by atoms with Crippen LogP contribution in [0.5, 0.6) is 11.5 Å². The van der Waals surface area contributed by atoms with Crippen LogP contribution in [0.25, 0.3) is 0 Å². The molecule has 30 heavy (non-hydrogen) atoms. The van der Waals surface area contributed by atoms with Crippen molar-refractivity contribution in [1.29, 1.82) is 0 Å². The zero-order valence-electron chi connectivity index (χ0n) is 15.8. The number of nitrogens with zero attached hydrogens (tertiary/aromatic N) is 2. The van der Waals surface area contributed by atoms with E-state index < -0.39 is 36.6 Å². The van der Waals surface area contributed by atoms with Gasteiger partial charge in [-0.1, -0.05) is 18.2 Å². The largest absolute Gasteiger partial charge is 0.497 e. The molecule has 1 atom stereocenters. The Hall–Kier alpha value is -3.14. The summed E-state index contributed by atoms with van der Waals surface area (Å²) in [5.41, 5.74) is -3.71. The molecule has 1 heterocycles. The first-order chi connectivity index (χ1) is 14.2. The predicted molar refractivity (Wildman–Crippen MR) is 98.9 cm³/mol. The van der Waals surface area contributed by atoms with Crippen LogP contribution in [-0.4, -0.2) is 47.4 Å². The Kier molecular flexibility index (Phi) is 6.25. The highest BCUT2D eigenvalue weighted by Crippen LogP contribution is 2.34. The van der Waals surface area contributed by atoms with Gasteiger partial charge < -0.3 is 14.6 Å². The summed E-state index contributed by atoms with van der Waals surface area (Å²) in [7, 11) is 1.51. The Labute approximate surface area is 169 Å². The number of aliphatic hydroxyl groups is 1. The van der Waals surface area contributed by atoms with Gasteiger partial charge in [-0.15, -0.1) is 0 Å². The van der Waals surface area contributed by atoms with Gasteiger partial charge in [0.1, 0.15) is 23.8 Å². The molecule has 0 saturated carbocycles. The summed E-state index contributed by atoms with van der Waals surface area (Å²) in [6.45, 7) is 0.0406. The highest BCUT2D eigenvalue weighted by molar-refractivity contribution is 5.99. The monoisotopic (exact) mass is 426 g/mol. The Bertz CT molecular complexity index is 954. The molecule has 10 heteroatoms. The fraction of sp³-hybridized carbons (Fsp3) is 0.300. The second-order valence-electron chi connectivity index (χ2n) is 6.53. The van der Waals surface area contributed by atoms with Gasteiger partial charge in [0.25, 0.3) is 18.8 Å². The van der Waals surface area contributed by atoms with Crippen molar-refractivity contribution in [2.75, 3.05) is 7.11 Å². The van der Waals surface area contributed by atoms with Crippen molar-refractivity contribution in [3.8, 4) is 11.5 Å². The summed E-state index contributed by atoms with van der Waals surface area (Å²) in [5, 5.41) is 13.4. The number of hydrogen-bond acceptors (Lipinski definition) is 5. The summed E-state index contributed by atoms with van der Waals surface area (Å²) in [5.74, 6) is -0.0370. The molecule has 0 unspecified atom stereocenters. The summed E-state index contributed by atoms with van der Waals surface area (Å²) >= 11 is 0.